The Morgan fingerprint density at radius 1 is 0.821 bits per heavy atom. The predicted octanol–water partition coefficient (Wildman–Crippen LogP) is 6.48. The lowest BCUT2D eigenvalue weighted by Crippen LogP contribution is -2.05. The molecule has 0 fully saturated rings. The van der Waals surface area contributed by atoms with Gasteiger partial charge in [0.15, 0.2) is 17.3 Å². The van der Waals surface area contributed by atoms with Crippen LogP contribution in [0.5, 0.6) is 11.5 Å². The van der Waals surface area contributed by atoms with E-state index in [2.05, 4.69) is 0 Å². The Labute approximate surface area is 170 Å². The van der Waals surface area contributed by atoms with Crippen molar-refractivity contribution in [3.8, 4) is 11.5 Å². The van der Waals surface area contributed by atoms with Crippen LogP contribution in [0.25, 0.3) is 0 Å². The van der Waals surface area contributed by atoms with Crippen LogP contribution in [0, 0.1) is 0 Å². The Balaban J connectivity index is 1.86. The van der Waals surface area contributed by atoms with Gasteiger partial charge in [0, 0.05) is 12.0 Å². The molecule has 0 aliphatic carbocycles. The molecule has 3 nitrogen and oxygen atoms in total. The van der Waals surface area contributed by atoms with Gasteiger partial charge in [0.2, 0.25) is 0 Å². The molecular formula is C24H23ClO3. The molecule has 0 bridgehead atoms. The zero-order valence-electron chi connectivity index (χ0n) is 15.9. The van der Waals surface area contributed by atoms with E-state index in [1.807, 2.05) is 67.6 Å². The zero-order valence-corrected chi connectivity index (χ0v) is 16.6. The van der Waals surface area contributed by atoms with Gasteiger partial charge in [0.05, 0.1) is 5.02 Å². The predicted molar refractivity (Wildman–Crippen MR) is 112 cm³/mol. The van der Waals surface area contributed by atoms with Crippen LogP contribution in [0.3, 0.4) is 0 Å². The number of hydrogen-bond donors (Lipinski definition) is 0. The summed E-state index contributed by atoms with van der Waals surface area (Å²) in [5.41, 5.74) is 2.52. The van der Waals surface area contributed by atoms with Gasteiger partial charge in [-0.3, -0.25) is 4.79 Å². The minimum absolute atomic E-state index is 0.00618. The highest BCUT2D eigenvalue weighted by atomic mass is 35.5. The zero-order chi connectivity index (χ0) is 19.8. The van der Waals surface area contributed by atoms with Gasteiger partial charge in [-0.25, -0.2) is 0 Å². The second-order valence-corrected chi connectivity index (χ2v) is 6.85. The van der Waals surface area contributed by atoms with E-state index in [-0.39, 0.29) is 5.78 Å². The van der Waals surface area contributed by atoms with E-state index in [0.29, 0.717) is 41.7 Å². The molecule has 0 aliphatic heterocycles. The molecule has 3 rings (SSSR count). The van der Waals surface area contributed by atoms with Crippen molar-refractivity contribution in [3.05, 3.63) is 94.5 Å². The summed E-state index contributed by atoms with van der Waals surface area (Å²) in [4.78, 5) is 12.4. The van der Waals surface area contributed by atoms with E-state index in [1.165, 1.54) is 0 Å². The van der Waals surface area contributed by atoms with Crippen molar-refractivity contribution in [2.45, 2.75) is 33.0 Å². The highest BCUT2D eigenvalue weighted by Crippen LogP contribution is 2.39. The van der Waals surface area contributed by atoms with Crippen LogP contribution in [-0.4, -0.2) is 5.78 Å². The van der Waals surface area contributed by atoms with E-state index in [0.717, 1.165) is 17.5 Å². The minimum Gasteiger partial charge on any atom is -0.485 e. The number of hydrogen-bond acceptors (Lipinski definition) is 3. The summed E-state index contributed by atoms with van der Waals surface area (Å²) in [5.74, 6) is 0.938. The van der Waals surface area contributed by atoms with E-state index >= 15 is 0 Å². The first-order chi connectivity index (χ1) is 13.7. The normalized spacial score (nSPS) is 10.5. The van der Waals surface area contributed by atoms with Gasteiger partial charge in [0.25, 0.3) is 0 Å². The summed E-state index contributed by atoms with van der Waals surface area (Å²) in [5, 5.41) is 0.306. The number of ether oxygens (including phenoxy) is 2. The summed E-state index contributed by atoms with van der Waals surface area (Å²) in [6.45, 7) is 2.70. The van der Waals surface area contributed by atoms with Crippen molar-refractivity contribution in [2.75, 3.05) is 0 Å². The standard InChI is InChI=1S/C24H23ClO3/c1-2-9-21(26)20-14-15-22(27-16-18-10-5-3-6-11-18)24(23(20)25)28-17-19-12-7-4-8-13-19/h3-8,10-15H,2,9,16-17H2,1H3. The third kappa shape index (κ3) is 5.14. The van der Waals surface area contributed by atoms with Crippen LogP contribution in [0.4, 0.5) is 0 Å². The molecule has 0 aliphatic rings. The van der Waals surface area contributed by atoms with Gasteiger partial charge in [-0.05, 0) is 29.7 Å². The third-order valence-electron chi connectivity index (χ3n) is 4.30. The number of benzene rings is 3. The third-order valence-corrected chi connectivity index (χ3v) is 4.68. The first-order valence-electron chi connectivity index (χ1n) is 9.38. The number of carbonyl (C=O) groups excluding carboxylic acids is 1. The maximum Gasteiger partial charge on any atom is 0.180 e. The average Bonchev–Trinajstić information content (AvgIpc) is 2.73. The first kappa shape index (κ1) is 20.0. The Kier molecular flexibility index (Phi) is 7.10. The van der Waals surface area contributed by atoms with Crippen molar-refractivity contribution in [2.24, 2.45) is 0 Å². The highest BCUT2D eigenvalue weighted by Gasteiger charge is 2.19. The molecule has 0 radical (unpaired) electrons. The fraction of sp³-hybridized carbons (Fsp3) is 0.208. The smallest absolute Gasteiger partial charge is 0.180 e. The molecule has 3 aromatic rings. The van der Waals surface area contributed by atoms with Crippen LogP contribution < -0.4 is 9.47 Å². The summed E-state index contributed by atoms with van der Waals surface area (Å²) in [6.07, 6.45) is 1.21. The molecule has 3 aromatic carbocycles. The van der Waals surface area contributed by atoms with Crippen molar-refractivity contribution in [3.63, 3.8) is 0 Å². The lowest BCUT2D eigenvalue weighted by molar-refractivity contribution is 0.0981. The second kappa shape index (κ2) is 9.95. The molecule has 0 amide bonds. The Morgan fingerprint density at radius 3 is 1.96 bits per heavy atom. The van der Waals surface area contributed by atoms with Crippen LogP contribution in [0.1, 0.15) is 41.3 Å². The van der Waals surface area contributed by atoms with Gasteiger partial charge in [-0.15, -0.1) is 0 Å². The summed E-state index contributed by atoms with van der Waals surface area (Å²) < 4.78 is 12.0. The van der Waals surface area contributed by atoms with E-state index in [4.69, 9.17) is 21.1 Å². The molecule has 144 valence electrons. The quantitative estimate of drug-likeness (QED) is 0.389. The molecule has 0 saturated carbocycles. The Bertz CT molecular complexity index is 908. The molecule has 0 aromatic heterocycles. The monoisotopic (exact) mass is 394 g/mol. The number of Topliss-reactive ketones (excluding diaryl/α,β-unsaturated/α-hetero) is 1. The van der Waals surface area contributed by atoms with Crippen molar-refractivity contribution in [1.82, 2.24) is 0 Å². The molecule has 0 N–H and O–H groups in total. The molecule has 0 atom stereocenters. The summed E-state index contributed by atoms with van der Waals surface area (Å²) in [7, 11) is 0. The minimum atomic E-state index is 0.00618. The van der Waals surface area contributed by atoms with Gasteiger partial charge in [-0.1, -0.05) is 79.2 Å². The van der Waals surface area contributed by atoms with E-state index in [1.54, 1.807) is 12.1 Å². The average molecular weight is 395 g/mol. The molecule has 0 spiro atoms. The Hall–Kier alpha value is -2.78. The molecule has 0 unspecified atom stereocenters. The molecule has 0 saturated heterocycles. The topological polar surface area (TPSA) is 35.5 Å². The van der Waals surface area contributed by atoms with E-state index < -0.39 is 0 Å². The fourth-order valence-corrected chi connectivity index (χ4v) is 3.14. The maximum absolute atomic E-state index is 12.4. The number of ketones is 1. The van der Waals surface area contributed by atoms with Gasteiger partial charge < -0.3 is 9.47 Å². The lowest BCUT2D eigenvalue weighted by Gasteiger charge is -2.16. The van der Waals surface area contributed by atoms with Crippen molar-refractivity contribution < 1.29 is 14.3 Å². The number of rotatable bonds is 9. The van der Waals surface area contributed by atoms with Crippen LogP contribution in [0.15, 0.2) is 72.8 Å². The van der Waals surface area contributed by atoms with Gasteiger partial charge in [0.1, 0.15) is 13.2 Å². The molecular weight excluding hydrogens is 372 g/mol. The SMILES string of the molecule is CCCC(=O)c1ccc(OCc2ccccc2)c(OCc2ccccc2)c1Cl. The Morgan fingerprint density at radius 2 is 1.39 bits per heavy atom. The number of carbonyl (C=O) groups is 1. The maximum atomic E-state index is 12.4. The molecule has 0 heterocycles. The highest BCUT2D eigenvalue weighted by molar-refractivity contribution is 6.35. The van der Waals surface area contributed by atoms with E-state index in [9.17, 15) is 4.79 Å². The number of halogens is 1. The first-order valence-corrected chi connectivity index (χ1v) is 9.76. The van der Waals surface area contributed by atoms with Crippen molar-refractivity contribution in [1.29, 1.82) is 0 Å². The van der Waals surface area contributed by atoms with Crippen molar-refractivity contribution >= 4 is 17.4 Å². The lowest BCUT2D eigenvalue weighted by atomic mass is 10.1. The second-order valence-electron chi connectivity index (χ2n) is 6.48. The van der Waals surface area contributed by atoms with Crippen LogP contribution in [0.2, 0.25) is 5.02 Å². The largest absolute Gasteiger partial charge is 0.485 e. The summed E-state index contributed by atoms with van der Waals surface area (Å²) >= 11 is 6.57. The molecule has 28 heavy (non-hydrogen) atoms. The van der Waals surface area contributed by atoms with Gasteiger partial charge >= 0.3 is 0 Å². The van der Waals surface area contributed by atoms with Crippen LogP contribution in [-0.2, 0) is 13.2 Å². The van der Waals surface area contributed by atoms with Crippen LogP contribution >= 0.6 is 11.6 Å². The fourth-order valence-electron chi connectivity index (χ4n) is 2.83. The van der Waals surface area contributed by atoms with Gasteiger partial charge in [-0.2, -0.15) is 0 Å². The molecule has 4 heteroatoms. The summed E-state index contributed by atoms with van der Waals surface area (Å²) in [6, 6.07) is 23.2.